The van der Waals surface area contributed by atoms with Gasteiger partial charge in [-0.05, 0) is 30.7 Å². The molecule has 0 saturated heterocycles. The van der Waals surface area contributed by atoms with Gasteiger partial charge in [0.2, 0.25) is 10.0 Å². The Kier molecular flexibility index (Phi) is 5.02. The van der Waals surface area contributed by atoms with Crippen molar-refractivity contribution in [3.63, 3.8) is 0 Å². The highest BCUT2D eigenvalue weighted by molar-refractivity contribution is 7.89. The molecule has 138 valence electrons. The van der Waals surface area contributed by atoms with Crippen molar-refractivity contribution in [2.24, 2.45) is 11.1 Å². The Morgan fingerprint density at radius 2 is 1.85 bits per heavy atom. The summed E-state index contributed by atoms with van der Waals surface area (Å²) in [5, 5.41) is 3.87. The molecule has 0 fully saturated rings. The van der Waals surface area contributed by atoms with Gasteiger partial charge in [0.15, 0.2) is 6.23 Å². The average molecular weight is 373 g/mol. The first-order valence-corrected chi connectivity index (χ1v) is 9.87. The lowest BCUT2D eigenvalue weighted by atomic mass is 10.0. The lowest BCUT2D eigenvalue weighted by Gasteiger charge is -2.18. The largest absolute Gasteiger partial charge is 0.378 e. The van der Waals surface area contributed by atoms with Gasteiger partial charge in [0.05, 0.1) is 16.5 Å². The van der Waals surface area contributed by atoms with Crippen LogP contribution in [0, 0.1) is 5.92 Å². The maximum Gasteiger partial charge on any atom is 0.244 e. The Labute approximate surface area is 154 Å². The molecule has 2 aromatic carbocycles. The molecule has 1 heterocycles. The maximum atomic E-state index is 13.0. The maximum absolute atomic E-state index is 13.0. The second kappa shape index (κ2) is 7.09. The van der Waals surface area contributed by atoms with Crippen LogP contribution >= 0.6 is 0 Å². The summed E-state index contributed by atoms with van der Waals surface area (Å²) in [7, 11) is 0.124. The molecule has 0 radical (unpaired) electrons. The average Bonchev–Trinajstić information content (AvgIpc) is 2.93. The van der Waals surface area contributed by atoms with Crippen LogP contribution in [0.15, 0.2) is 58.6 Å². The van der Waals surface area contributed by atoms with Gasteiger partial charge in [0.1, 0.15) is 0 Å². The molecule has 2 unspecified atom stereocenters. The minimum absolute atomic E-state index is 0.117. The van der Waals surface area contributed by atoms with Crippen LogP contribution in [0.4, 0.5) is 5.69 Å². The fraction of sp³-hybridized carbons (Fsp3) is 0.316. The molecule has 0 aliphatic carbocycles. The van der Waals surface area contributed by atoms with Gasteiger partial charge in [-0.3, -0.25) is 0 Å². The second-order valence-corrected chi connectivity index (χ2v) is 8.29. The van der Waals surface area contributed by atoms with E-state index in [1.807, 2.05) is 69.2 Å². The molecule has 1 aliphatic rings. The Hall–Kier alpha value is -2.38. The number of rotatable bonds is 5. The van der Waals surface area contributed by atoms with E-state index in [2.05, 4.69) is 9.88 Å². The van der Waals surface area contributed by atoms with Gasteiger partial charge in [-0.2, -0.15) is 4.72 Å². The van der Waals surface area contributed by atoms with Crippen LogP contribution in [0.1, 0.15) is 13.8 Å². The van der Waals surface area contributed by atoms with Crippen LogP contribution in [-0.2, 0) is 14.9 Å². The molecule has 2 atom stereocenters. The molecule has 2 aromatic rings. The lowest BCUT2D eigenvalue weighted by Crippen LogP contribution is -2.39. The molecule has 0 amide bonds. The predicted molar refractivity (Wildman–Crippen MR) is 104 cm³/mol. The normalized spacial score (nSPS) is 19.8. The summed E-state index contributed by atoms with van der Waals surface area (Å²) in [4.78, 5) is 7.42. The summed E-state index contributed by atoms with van der Waals surface area (Å²) < 4.78 is 28.6. The number of benzene rings is 2. The van der Waals surface area contributed by atoms with Crippen LogP contribution in [0.3, 0.4) is 0 Å². The van der Waals surface area contributed by atoms with Crippen molar-refractivity contribution in [3.05, 3.63) is 48.5 Å². The zero-order valence-electron chi connectivity index (χ0n) is 15.3. The Morgan fingerprint density at radius 1 is 1.12 bits per heavy atom. The summed E-state index contributed by atoms with van der Waals surface area (Å²) >= 11 is 0. The SMILES string of the molecule is CC1=NOC(NS(=O)(=O)c2ccccc2-c2cccc(N(C)C)c2)C1C. The van der Waals surface area contributed by atoms with Crippen LogP contribution in [-0.4, -0.2) is 34.5 Å². The molecule has 26 heavy (non-hydrogen) atoms. The molecule has 0 aromatic heterocycles. The fourth-order valence-corrected chi connectivity index (χ4v) is 4.18. The predicted octanol–water partition coefficient (Wildman–Crippen LogP) is 3.07. The van der Waals surface area contributed by atoms with Crippen molar-refractivity contribution in [2.75, 3.05) is 19.0 Å². The van der Waals surface area contributed by atoms with Gasteiger partial charge in [-0.1, -0.05) is 42.4 Å². The number of hydrogen-bond donors (Lipinski definition) is 1. The van der Waals surface area contributed by atoms with Crippen molar-refractivity contribution in [1.82, 2.24) is 4.72 Å². The molecule has 3 rings (SSSR count). The molecule has 0 bridgehead atoms. The molecule has 0 saturated carbocycles. The van der Waals surface area contributed by atoms with E-state index in [0.29, 0.717) is 5.56 Å². The number of nitrogens with zero attached hydrogens (tertiary/aromatic N) is 2. The quantitative estimate of drug-likeness (QED) is 0.874. The molecule has 6 nitrogen and oxygen atoms in total. The van der Waals surface area contributed by atoms with Crippen LogP contribution in [0.25, 0.3) is 11.1 Å². The Balaban J connectivity index is 1.98. The Morgan fingerprint density at radius 3 is 2.50 bits per heavy atom. The first-order chi connectivity index (χ1) is 12.3. The van der Waals surface area contributed by atoms with Crippen molar-refractivity contribution >= 4 is 21.4 Å². The third-order valence-corrected chi connectivity index (χ3v) is 6.02. The summed E-state index contributed by atoms with van der Waals surface area (Å²) in [6, 6.07) is 14.7. The molecular formula is C19H23N3O3S. The van der Waals surface area contributed by atoms with E-state index in [4.69, 9.17) is 4.84 Å². The van der Waals surface area contributed by atoms with Crippen molar-refractivity contribution < 1.29 is 13.3 Å². The molecule has 0 spiro atoms. The second-order valence-electron chi connectivity index (χ2n) is 6.61. The lowest BCUT2D eigenvalue weighted by molar-refractivity contribution is 0.0576. The highest BCUT2D eigenvalue weighted by Gasteiger charge is 2.33. The Bertz CT molecular complexity index is 939. The van der Waals surface area contributed by atoms with Crippen LogP contribution in [0.2, 0.25) is 0 Å². The van der Waals surface area contributed by atoms with Gasteiger partial charge >= 0.3 is 0 Å². The zero-order valence-corrected chi connectivity index (χ0v) is 16.1. The van der Waals surface area contributed by atoms with Gasteiger partial charge < -0.3 is 9.74 Å². The fourth-order valence-electron chi connectivity index (χ4n) is 2.76. The van der Waals surface area contributed by atoms with Crippen molar-refractivity contribution in [2.45, 2.75) is 25.0 Å². The van der Waals surface area contributed by atoms with Gasteiger partial charge in [-0.25, -0.2) is 8.42 Å². The summed E-state index contributed by atoms with van der Waals surface area (Å²) in [5.41, 5.74) is 3.25. The third-order valence-electron chi connectivity index (χ3n) is 4.54. The standard InChI is InChI=1S/C19H23N3O3S/c1-13-14(2)20-25-19(13)21-26(23,24)18-11-6-5-10-17(18)15-8-7-9-16(12-15)22(3)4/h5-13,19,21H,1-4H3. The summed E-state index contributed by atoms with van der Waals surface area (Å²) in [5.74, 6) is -0.117. The van der Waals surface area contributed by atoms with Crippen molar-refractivity contribution in [1.29, 1.82) is 0 Å². The van der Waals surface area contributed by atoms with E-state index in [0.717, 1.165) is 17.0 Å². The topological polar surface area (TPSA) is 71.0 Å². The van der Waals surface area contributed by atoms with E-state index >= 15 is 0 Å². The number of oxime groups is 1. The number of anilines is 1. The van der Waals surface area contributed by atoms with E-state index < -0.39 is 16.3 Å². The van der Waals surface area contributed by atoms with Gasteiger partial charge in [-0.15, -0.1) is 0 Å². The monoisotopic (exact) mass is 373 g/mol. The molecule has 7 heteroatoms. The number of sulfonamides is 1. The van der Waals surface area contributed by atoms with E-state index in [-0.39, 0.29) is 10.8 Å². The summed E-state index contributed by atoms with van der Waals surface area (Å²) in [6.45, 7) is 3.70. The first kappa shape index (κ1) is 18.4. The minimum atomic E-state index is -3.77. The molecule has 1 aliphatic heterocycles. The molecule has 1 N–H and O–H groups in total. The molecular weight excluding hydrogens is 350 g/mol. The first-order valence-electron chi connectivity index (χ1n) is 8.39. The minimum Gasteiger partial charge on any atom is -0.378 e. The van der Waals surface area contributed by atoms with Gasteiger partial charge in [0.25, 0.3) is 0 Å². The highest BCUT2D eigenvalue weighted by atomic mass is 32.2. The van der Waals surface area contributed by atoms with Gasteiger partial charge in [0, 0.05) is 25.3 Å². The third kappa shape index (κ3) is 3.59. The van der Waals surface area contributed by atoms with E-state index in [1.54, 1.807) is 12.1 Å². The van der Waals surface area contributed by atoms with Crippen LogP contribution < -0.4 is 9.62 Å². The van der Waals surface area contributed by atoms with Crippen molar-refractivity contribution in [3.8, 4) is 11.1 Å². The summed E-state index contributed by atoms with van der Waals surface area (Å²) in [6.07, 6.45) is -0.693. The smallest absolute Gasteiger partial charge is 0.244 e. The van der Waals surface area contributed by atoms with Crippen LogP contribution in [0.5, 0.6) is 0 Å². The highest BCUT2D eigenvalue weighted by Crippen LogP contribution is 2.30. The number of nitrogens with one attached hydrogen (secondary N) is 1. The number of hydrogen-bond acceptors (Lipinski definition) is 5. The van der Waals surface area contributed by atoms with E-state index in [9.17, 15) is 8.42 Å². The zero-order chi connectivity index (χ0) is 18.9. The van der Waals surface area contributed by atoms with E-state index in [1.165, 1.54) is 0 Å².